The second kappa shape index (κ2) is 5.12. The molecule has 19 heavy (non-hydrogen) atoms. The zero-order valence-corrected chi connectivity index (χ0v) is 11.4. The van der Waals surface area contributed by atoms with Crippen molar-refractivity contribution in [3.05, 3.63) is 29.6 Å². The SMILES string of the molecule is OCc1cccc(F)c1N1CCC2(CCCC2)CC1. The van der Waals surface area contributed by atoms with Crippen molar-refractivity contribution in [1.82, 2.24) is 0 Å². The van der Waals surface area contributed by atoms with Crippen molar-refractivity contribution in [2.45, 2.75) is 45.1 Å². The van der Waals surface area contributed by atoms with E-state index in [9.17, 15) is 9.50 Å². The highest BCUT2D eigenvalue weighted by atomic mass is 19.1. The fourth-order valence-corrected chi connectivity index (χ4v) is 3.87. The number of rotatable bonds is 2. The summed E-state index contributed by atoms with van der Waals surface area (Å²) in [6, 6.07) is 4.99. The molecule has 2 fully saturated rings. The molecule has 0 radical (unpaired) electrons. The van der Waals surface area contributed by atoms with Gasteiger partial charge < -0.3 is 10.0 Å². The highest BCUT2D eigenvalue weighted by Gasteiger charge is 2.37. The Kier molecular flexibility index (Phi) is 3.48. The van der Waals surface area contributed by atoms with Crippen molar-refractivity contribution in [2.24, 2.45) is 5.41 Å². The first-order chi connectivity index (χ1) is 9.24. The van der Waals surface area contributed by atoms with Crippen LogP contribution in [0.5, 0.6) is 0 Å². The van der Waals surface area contributed by atoms with Crippen LogP contribution in [0.4, 0.5) is 10.1 Å². The molecule has 1 aromatic carbocycles. The normalized spacial score (nSPS) is 22.1. The molecule has 1 aliphatic heterocycles. The molecule has 0 amide bonds. The number of aliphatic hydroxyl groups excluding tert-OH is 1. The molecule has 3 rings (SSSR count). The topological polar surface area (TPSA) is 23.5 Å². The Morgan fingerprint density at radius 3 is 2.42 bits per heavy atom. The van der Waals surface area contributed by atoms with Gasteiger partial charge in [-0.3, -0.25) is 0 Å². The van der Waals surface area contributed by atoms with Gasteiger partial charge in [-0.15, -0.1) is 0 Å². The Labute approximate surface area is 114 Å². The first-order valence-electron chi connectivity index (χ1n) is 7.37. The zero-order valence-electron chi connectivity index (χ0n) is 11.4. The third-order valence-electron chi connectivity index (χ3n) is 5.05. The molecule has 1 aromatic rings. The van der Waals surface area contributed by atoms with Gasteiger partial charge in [0, 0.05) is 18.7 Å². The molecule has 1 heterocycles. The Balaban J connectivity index is 1.78. The van der Waals surface area contributed by atoms with E-state index in [0.29, 0.717) is 16.7 Å². The molecule has 104 valence electrons. The van der Waals surface area contributed by atoms with Gasteiger partial charge in [0.15, 0.2) is 0 Å². The number of para-hydroxylation sites is 1. The number of anilines is 1. The fraction of sp³-hybridized carbons (Fsp3) is 0.625. The van der Waals surface area contributed by atoms with Crippen LogP contribution in [0, 0.1) is 11.2 Å². The number of hydrogen-bond donors (Lipinski definition) is 1. The van der Waals surface area contributed by atoms with E-state index < -0.39 is 0 Å². The van der Waals surface area contributed by atoms with Gasteiger partial charge in [-0.1, -0.05) is 25.0 Å². The summed E-state index contributed by atoms with van der Waals surface area (Å²) in [6.45, 7) is 1.76. The Morgan fingerprint density at radius 2 is 1.79 bits per heavy atom. The molecule has 1 spiro atoms. The number of nitrogens with zero attached hydrogens (tertiary/aromatic N) is 1. The lowest BCUT2D eigenvalue weighted by Crippen LogP contribution is -2.39. The number of benzene rings is 1. The predicted octanol–water partition coefficient (Wildman–Crippen LogP) is 3.48. The van der Waals surface area contributed by atoms with Crippen molar-refractivity contribution in [3.63, 3.8) is 0 Å². The maximum absolute atomic E-state index is 14.0. The lowest BCUT2D eigenvalue weighted by molar-refractivity contribution is 0.225. The number of aliphatic hydroxyl groups is 1. The molecule has 0 bridgehead atoms. The molecule has 0 atom stereocenters. The van der Waals surface area contributed by atoms with Crippen molar-refractivity contribution < 1.29 is 9.50 Å². The van der Waals surface area contributed by atoms with Gasteiger partial charge in [-0.05, 0) is 37.2 Å². The molecule has 0 aromatic heterocycles. The molecular weight excluding hydrogens is 241 g/mol. The lowest BCUT2D eigenvalue weighted by Gasteiger charge is -2.41. The van der Waals surface area contributed by atoms with Crippen LogP contribution in [0.3, 0.4) is 0 Å². The third kappa shape index (κ3) is 2.36. The van der Waals surface area contributed by atoms with Crippen LogP contribution in [0.25, 0.3) is 0 Å². The molecule has 1 saturated carbocycles. The van der Waals surface area contributed by atoms with E-state index in [1.54, 1.807) is 6.07 Å². The first-order valence-corrected chi connectivity index (χ1v) is 7.37. The highest BCUT2D eigenvalue weighted by molar-refractivity contribution is 5.55. The molecule has 1 N–H and O–H groups in total. The summed E-state index contributed by atoms with van der Waals surface area (Å²) in [4.78, 5) is 2.13. The quantitative estimate of drug-likeness (QED) is 0.883. The third-order valence-corrected chi connectivity index (χ3v) is 5.05. The second-order valence-electron chi connectivity index (χ2n) is 6.10. The Hall–Kier alpha value is -1.09. The standard InChI is InChI=1S/C16H22FNO/c17-14-5-3-4-13(12-19)15(14)18-10-8-16(9-11-18)6-1-2-7-16/h3-5,19H,1-2,6-12H2. The number of hydrogen-bond acceptors (Lipinski definition) is 2. The van der Waals surface area contributed by atoms with Crippen LogP contribution in [0.1, 0.15) is 44.1 Å². The summed E-state index contributed by atoms with van der Waals surface area (Å²) in [7, 11) is 0. The molecule has 1 aliphatic carbocycles. The highest BCUT2D eigenvalue weighted by Crippen LogP contribution is 2.47. The van der Waals surface area contributed by atoms with Crippen LogP contribution in [0.2, 0.25) is 0 Å². The maximum Gasteiger partial charge on any atom is 0.146 e. The minimum Gasteiger partial charge on any atom is -0.392 e. The van der Waals surface area contributed by atoms with E-state index in [2.05, 4.69) is 4.90 Å². The van der Waals surface area contributed by atoms with E-state index in [4.69, 9.17) is 0 Å². The molecule has 3 heteroatoms. The summed E-state index contributed by atoms with van der Waals surface area (Å²) < 4.78 is 14.0. The smallest absolute Gasteiger partial charge is 0.146 e. The van der Waals surface area contributed by atoms with Crippen LogP contribution in [-0.4, -0.2) is 18.2 Å². The average molecular weight is 263 g/mol. The van der Waals surface area contributed by atoms with Gasteiger partial charge >= 0.3 is 0 Å². The molecule has 0 unspecified atom stereocenters. The monoisotopic (exact) mass is 263 g/mol. The van der Waals surface area contributed by atoms with Crippen molar-refractivity contribution >= 4 is 5.69 Å². The van der Waals surface area contributed by atoms with Crippen LogP contribution >= 0.6 is 0 Å². The predicted molar refractivity (Wildman–Crippen MR) is 74.7 cm³/mol. The van der Waals surface area contributed by atoms with Gasteiger partial charge in [0.2, 0.25) is 0 Å². The summed E-state index contributed by atoms with van der Waals surface area (Å²) >= 11 is 0. The van der Waals surface area contributed by atoms with Crippen molar-refractivity contribution in [2.75, 3.05) is 18.0 Å². The summed E-state index contributed by atoms with van der Waals surface area (Å²) in [6.07, 6.45) is 7.78. The minimum atomic E-state index is -0.200. The van der Waals surface area contributed by atoms with Crippen LogP contribution < -0.4 is 4.90 Å². The molecule has 2 aliphatic rings. The van der Waals surface area contributed by atoms with E-state index in [1.165, 1.54) is 44.6 Å². The van der Waals surface area contributed by atoms with Gasteiger partial charge in [0.25, 0.3) is 0 Å². The van der Waals surface area contributed by atoms with Gasteiger partial charge in [0.1, 0.15) is 5.82 Å². The second-order valence-corrected chi connectivity index (χ2v) is 6.10. The summed E-state index contributed by atoms with van der Waals surface area (Å²) in [5.74, 6) is -0.200. The zero-order chi connectivity index (χ0) is 13.3. The molecule has 2 nitrogen and oxygen atoms in total. The maximum atomic E-state index is 14.0. The average Bonchev–Trinajstić information content (AvgIpc) is 2.88. The Morgan fingerprint density at radius 1 is 1.11 bits per heavy atom. The fourth-order valence-electron chi connectivity index (χ4n) is 3.87. The first kappa shape index (κ1) is 12.9. The molecule has 1 saturated heterocycles. The lowest BCUT2D eigenvalue weighted by atomic mass is 9.77. The number of halogens is 1. The van der Waals surface area contributed by atoms with Crippen molar-refractivity contribution in [1.29, 1.82) is 0 Å². The van der Waals surface area contributed by atoms with Gasteiger partial charge in [0.05, 0.1) is 12.3 Å². The summed E-state index contributed by atoms with van der Waals surface area (Å²) in [5, 5.41) is 9.39. The van der Waals surface area contributed by atoms with E-state index in [0.717, 1.165) is 13.1 Å². The van der Waals surface area contributed by atoms with Crippen LogP contribution in [-0.2, 0) is 6.61 Å². The van der Waals surface area contributed by atoms with Crippen molar-refractivity contribution in [3.8, 4) is 0 Å². The minimum absolute atomic E-state index is 0.0886. The van der Waals surface area contributed by atoms with E-state index in [1.807, 2.05) is 6.07 Å². The largest absolute Gasteiger partial charge is 0.392 e. The van der Waals surface area contributed by atoms with E-state index in [-0.39, 0.29) is 12.4 Å². The number of piperidine rings is 1. The van der Waals surface area contributed by atoms with Crippen LogP contribution in [0.15, 0.2) is 18.2 Å². The van der Waals surface area contributed by atoms with Gasteiger partial charge in [-0.2, -0.15) is 0 Å². The van der Waals surface area contributed by atoms with Gasteiger partial charge in [-0.25, -0.2) is 4.39 Å². The molecular formula is C16H22FNO. The van der Waals surface area contributed by atoms with E-state index >= 15 is 0 Å². The summed E-state index contributed by atoms with van der Waals surface area (Å²) in [5.41, 5.74) is 1.88. The Bertz CT molecular complexity index is 444.